The zero-order valence-corrected chi connectivity index (χ0v) is 17.2. The van der Waals surface area contributed by atoms with Gasteiger partial charge < -0.3 is 15.5 Å². The van der Waals surface area contributed by atoms with E-state index in [-0.39, 0.29) is 11.9 Å². The molecule has 2 aromatic carbocycles. The summed E-state index contributed by atoms with van der Waals surface area (Å²) in [6, 6.07) is 16.9. The first-order chi connectivity index (χ1) is 14.1. The van der Waals surface area contributed by atoms with Crippen LogP contribution in [0.25, 0.3) is 0 Å². The lowest BCUT2D eigenvalue weighted by molar-refractivity contribution is 0.0953. The predicted octanol–water partition coefficient (Wildman–Crippen LogP) is 2.99. The van der Waals surface area contributed by atoms with Crippen LogP contribution >= 0.6 is 11.6 Å². The Kier molecular flexibility index (Phi) is 7.90. The number of nitrogens with one attached hydrogen (secondary N) is 2. The average Bonchev–Trinajstić information content (AvgIpc) is 2.99. The van der Waals surface area contributed by atoms with Gasteiger partial charge in [-0.2, -0.15) is 0 Å². The van der Waals surface area contributed by atoms with Gasteiger partial charge >= 0.3 is 6.03 Å². The highest BCUT2D eigenvalue weighted by molar-refractivity contribution is 6.30. The Labute approximate surface area is 176 Å². The minimum Gasteiger partial charge on any atom is -0.350 e. The molecule has 0 bridgehead atoms. The number of halogens is 1. The number of hydrogen-bond donors (Lipinski definition) is 2. The highest BCUT2D eigenvalue weighted by Crippen LogP contribution is 2.13. The molecular formula is C22H27ClN4O2. The van der Waals surface area contributed by atoms with Crippen LogP contribution in [0.5, 0.6) is 0 Å². The molecule has 1 saturated heterocycles. The van der Waals surface area contributed by atoms with Crippen LogP contribution in [-0.2, 0) is 6.54 Å². The summed E-state index contributed by atoms with van der Waals surface area (Å²) < 4.78 is 0. The van der Waals surface area contributed by atoms with Crippen molar-refractivity contribution in [1.29, 1.82) is 0 Å². The number of urea groups is 1. The van der Waals surface area contributed by atoms with Gasteiger partial charge in [0.2, 0.25) is 0 Å². The van der Waals surface area contributed by atoms with E-state index in [1.165, 1.54) is 5.56 Å². The lowest BCUT2D eigenvalue weighted by atomic mass is 10.2. The van der Waals surface area contributed by atoms with E-state index in [0.717, 1.165) is 37.6 Å². The van der Waals surface area contributed by atoms with Crippen LogP contribution in [0.1, 0.15) is 22.3 Å². The molecule has 2 N–H and O–H groups in total. The van der Waals surface area contributed by atoms with Gasteiger partial charge in [0, 0.05) is 56.4 Å². The van der Waals surface area contributed by atoms with Crippen molar-refractivity contribution in [3.63, 3.8) is 0 Å². The molecule has 0 unspecified atom stereocenters. The second-order valence-electron chi connectivity index (χ2n) is 7.10. The number of amides is 3. The van der Waals surface area contributed by atoms with Crippen molar-refractivity contribution in [2.24, 2.45) is 0 Å². The molecule has 3 amide bonds. The third-order valence-electron chi connectivity index (χ3n) is 4.92. The molecule has 0 aliphatic carbocycles. The molecule has 6 nitrogen and oxygen atoms in total. The van der Waals surface area contributed by atoms with E-state index in [4.69, 9.17) is 11.6 Å². The third-order valence-corrected chi connectivity index (χ3v) is 5.17. The Morgan fingerprint density at radius 2 is 1.59 bits per heavy atom. The molecule has 0 spiro atoms. The van der Waals surface area contributed by atoms with Gasteiger partial charge in [0.15, 0.2) is 0 Å². The second-order valence-corrected chi connectivity index (χ2v) is 7.53. The molecule has 0 atom stereocenters. The highest BCUT2D eigenvalue weighted by Gasteiger charge is 2.19. The van der Waals surface area contributed by atoms with Crippen molar-refractivity contribution in [2.75, 3.05) is 39.3 Å². The van der Waals surface area contributed by atoms with Crippen molar-refractivity contribution in [1.82, 2.24) is 20.4 Å². The van der Waals surface area contributed by atoms with Crippen LogP contribution in [0, 0.1) is 0 Å². The number of carbonyl (C=O) groups is 2. The number of benzene rings is 2. The van der Waals surface area contributed by atoms with Crippen LogP contribution in [0.3, 0.4) is 0 Å². The Balaban J connectivity index is 1.36. The average molecular weight is 415 g/mol. The maximum atomic E-state index is 12.4. The zero-order chi connectivity index (χ0) is 20.5. The van der Waals surface area contributed by atoms with E-state index in [1.807, 2.05) is 47.4 Å². The normalized spacial score (nSPS) is 14.9. The van der Waals surface area contributed by atoms with E-state index in [9.17, 15) is 9.59 Å². The number of hydrogen-bond acceptors (Lipinski definition) is 3. The topological polar surface area (TPSA) is 64.7 Å². The molecule has 1 heterocycles. The van der Waals surface area contributed by atoms with Crippen LogP contribution in [-0.4, -0.2) is 61.0 Å². The van der Waals surface area contributed by atoms with E-state index in [1.54, 1.807) is 12.1 Å². The largest absolute Gasteiger partial charge is 0.350 e. The molecule has 7 heteroatoms. The van der Waals surface area contributed by atoms with Gasteiger partial charge in [0.1, 0.15) is 0 Å². The molecule has 0 aromatic heterocycles. The van der Waals surface area contributed by atoms with Crippen molar-refractivity contribution in [3.8, 4) is 0 Å². The van der Waals surface area contributed by atoms with Crippen LogP contribution < -0.4 is 10.6 Å². The quantitative estimate of drug-likeness (QED) is 0.714. The summed E-state index contributed by atoms with van der Waals surface area (Å²) in [6.07, 6.45) is 0.936. The maximum absolute atomic E-state index is 12.4. The first kappa shape index (κ1) is 21.1. The summed E-state index contributed by atoms with van der Waals surface area (Å²) in [7, 11) is 0. The van der Waals surface area contributed by atoms with Gasteiger partial charge in [-0.05, 0) is 36.2 Å². The van der Waals surface area contributed by atoms with E-state index in [2.05, 4.69) is 15.5 Å². The Morgan fingerprint density at radius 3 is 2.34 bits per heavy atom. The molecule has 29 heavy (non-hydrogen) atoms. The highest BCUT2D eigenvalue weighted by atomic mass is 35.5. The molecule has 1 aliphatic rings. The minimum absolute atomic E-state index is 0.0766. The second kappa shape index (κ2) is 10.8. The lowest BCUT2D eigenvalue weighted by Gasteiger charge is -2.22. The Morgan fingerprint density at radius 1 is 0.862 bits per heavy atom. The predicted molar refractivity (Wildman–Crippen MR) is 115 cm³/mol. The molecule has 0 saturated carbocycles. The SMILES string of the molecule is O=C(NCCNC(=O)N1CCCN(Cc2ccc(Cl)cc2)CC1)c1ccccc1. The summed E-state index contributed by atoms with van der Waals surface area (Å²) >= 11 is 5.95. The van der Waals surface area contributed by atoms with Gasteiger partial charge in [-0.15, -0.1) is 0 Å². The van der Waals surface area contributed by atoms with Crippen LogP contribution in [0.2, 0.25) is 5.02 Å². The summed E-state index contributed by atoms with van der Waals surface area (Å²) in [6.45, 7) is 4.88. The molecule has 3 rings (SSSR count). The van der Waals surface area contributed by atoms with Crippen molar-refractivity contribution in [3.05, 3.63) is 70.7 Å². The van der Waals surface area contributed by atoms with E-state index >= 15 is 0 Å². The van der Waals surface area contributed by atoms with Crippen LogP contribution in [0.15, 0.2) is 54.6 Å². The van der Waals surface area contributed by atoms with Gasteiger partial charge in [-0.1, -0.05) is 41.9 Å². The van der Waals surface area contributed by atoms with E-state index < -0.39 is 0 Å². The molecule has 1 aliphatic heterocycles. The van der Waals surface area contributed by atoms with Crippen molar-refractivity contribution in [2.45, 2.75) is 13.0 Å². The standard InChI is InChI=1S/C22H27ClN4O2/c23-20-9-7-18(8-10-20)17-26-13-4-14-27(16-15-26)22(29)25-12-11-24-21(28)19-5-2-1-3-6-19/h1-3,5-10H,4,11-17H2,(H,24,28)(H,25,29). The first-order valence-corrected chi connectivity index (χ1v) is 10.3. The van der Waals surface area contributed by atoms with E-state index in [0.29, 0.717) is 25.2 Å². The lowest BCUT2D eigenvalue weighted by Crippen LogP contribution is -2.44. The van der Waals surface area contributed by atoms with Crippen molar-refractivity contribution < 1.29 is 9.59 Å². The van der Waals surface area contributed by atoms with Gasteiger partial charge in [-0.25, -0.2) is 4.79 Å². The zero-order valence-electron chi connectivity index (χ0n) is 16.4. The fourth-order valence-electron chi connectivity index (χ4n) is 3.33. The number of carbonyl (C=O) groups excluding carboxylic acids is 2. The number of rotatable bonds is 6. The Bertz CT molecular complexity index is 798. The van der Waals surface area contributed by atoms with Gasteiger partial charge in [-0.3, -0.25) is 9.69 Å². The van der Waals surface area contributed by atoms with Gasteiger partial charge in [0.25, 0.3) is 5.91 Å². The molecule has 0 radical (unpaired) electrons. The molecule has 154 valence electrons. The van der Waals surface area contributed by atoms with Gasteiger partial charge in [0.05, 0.1) is 0 Å². The smallest absolute Gasteiger partial charge is 0.317 e. The summed E-state index contributed by atoms with van der Waals surface area (Å²) in [5.74, 6) is -0.132. The minimum atomic E-state index is -0.132. The summed E-state index contributed by atoms with van der Waals surface area (Å²) in [4.78, 5) is 28.6. The summed E-state index contributed by atoms with van der Waals surface area (Å²) in [5.41, 5.74) is 1.84. The third kappa shape index (κ3) is 6.76. The maximum Gasteiger partial charge on any atom is 0.317 e. The fourth-order valence-corrected chi connectivity index (χ4v) is 3.45. The molecule has 2 aromatic rings. The first-order valence-electron chi connectivity index (χ1n) is 9.94. The van der Waals surface area contributed by atoms with Crippen LogP contribution in [0.4, 0.5) is 4.79 Å². The summed E-state index contributed by atoms with van der Waals surface area (Å²) in [5, 5.41) is 6.46. The molecule has 1 fully saturated rings. The van der Waals surface area contributed by atoms with Crippen molar-refractivity contribution >= 4 is 23.5 Å². The number of nitrogens with zero attached hydrogens (tertiary/aromatic N) is 2. The molecular weight excluding hydrogens is 388 g/mol. The monoisotopic (exact) mass is 414 g/mol. The fraction of sp³-hybridized carbons (Fsp3) is 0.364. The Hall–Kier alpha value is -2.57.